The zero-order chi connectivity index (χ0) is 15.8. The average Bonchev–Trinajstić information content (AvgIpc) is 2.88. The first-order chi connectivity index (χ1) is 10.7. The van der Waals surface area contributed by atoms with Gasteiger partial charge in [0.2, 0.25) is 0 Å². The van der Waals surface area contributed by atoms with Crippen molar-refractivity contribution in [3.05, 3.63) is 51.8 Å². The summed E-state index contributed by atoms with van der Waals surface area (Å²) >= 11 is 1.49. The Morgan fingerprint density at radius 1 is 1.14 bits per heavy atom. The third-order valence-corrected chi connectivity index (χ3v) is 4.72. The molecule has 3 nitrogen and oxygen atoms in total. The van der Waals surface area contributed by atoms with Gasteiger partial charge in [-0.3, -0.25) is 10.2 Å². The molecule has 1 aromatic carbocycles. The van der Waals surface area contributed by atoms with E-state index in [1.165, 1.54) is 48.3 Å². The van der Waals surface area contributed by atoms with Crippen LogP contribution in [0.25, 0.3) is 0 Å². The van der Waals surface area contributed by atoms with E-state index in [-0.39, 0.29) is 12.3 Å². The minimum Gasteiger partial charge on any atom is -0.316 e. The standard InChI is InChI=1S/C18H24N2OS/c1-2-3-4-5-9-12-16-13-20(18(19)22-16)14-17(21)15-10-7-6-8-11-15/h6-8,10-11,13,19H,2-5,9,12,14H2,1H3. The summed E-state index contributed by atoms with van der Waals surface area (Å²) in [5.74, 6) is 0.0615. The third kappa shape index (κ3) is 4.95. The highest BCUT2D eigenvalue weighted by Crippen LogP contribution is 2.12. The topological polar surface area (TPSA) is 45.9 Å². The highest BCUT2D eigenvalue weighted by atomic mass is 32.1. The Labute approximate surface area is 136 Å². The summed E-state index contributed by atoms with van der Waals surface area (Å²) in [4.78, 5) is 13.9. The fourth-order valence-corrected chi connectivity index (χ4v) is 3.36. The van der Waals surface area contributed by atoms with Gasteiger partial charge in [0.05, 0.1) is 6.54 Å². The molecule has 2 aromatic rings. The van der Waals surface area contributed by atoms with Crippen molar-refractivity contribution in [2.75, 3.05) is 0 Å². The number of aryl methyl sites for hydroxylation is 1. The molecule has 0 aliphatic carbocycles. The highest BCUT2D eigenvalue weighted by molar-refractivity contribution is 7.09. The maximum absolute atomic E-state index is 12.2. The molecule has 0 radical (unpaired) electrons. The SMILES string of the molecule is CCCCCCCc1cn(CC(=O)c2ccccc2)c(=N)s1. The number of carbonyl (C=O) groups excluding carboxylic acids is 1. The first-order valence-corrected chi connectivity index (χ1v) is 8.84. The second-order valence-corrected chi connectivity index (χ2v) is 6.70. The molecule has 1 N–H and O–H groups in total. The molecule has 0 fully saturated rings. The molecule has 0 spiro atoms. The fourth-order valence-electron chi connectivity index (χ4n) is 2.45. The highest BCUT2D eigenvalue weighted by Gasteiger charge is 2.08. The van der Waals surface area contributed by atoms with Gasteiger partial charge in [0.25, 0.3) is 0 Å². The molecule has 0 atom stereocenters. The number of aromatic nitrogens is 1. The van der Waals surface area contributed by atoms with Crippen molar-refractivity contribution in [2.45, 2.75) is 52.0 Å². The normalized spacial score (nSPS) is 10.8. The molecular weight excluding hydrogens is 292 g/mol. The fraction of sp³-hybridized carbons (Fsp3) is 0.444. The maximum Gasteiger partial charge on any atom is 0.182 e. The molecule has 0 aliphatic heterocycles. The monoisotopic (exact) mass is 316 g/mol. The van der Waals surface area contributed by atoms with Gasteiger partial charge in [-0.15, -0.1) is 11.3 Å². The number of unbranched alkanes of at least 4 members (excludes halogenated alkanes) is 4. The van der Waals surface area contributed by atoms with E-state index >= 15 is 0 Å². The Balaban J connectivity index is 1.90. The number of nitrogens with zero attached hydrogens (tertiary/aromatic N) is 1. The number of thiazole rings is 1. The van der Waals surface area contributed by atoms with Crippen LogP contribution in [-0.4, -0.2) is 10.4 Å². The lowest BCUT2D eigenvalue weighted by atomic mass is 10.1. The van der Waals surface area contributed by atoms with Gasteiger partial charge in [-0.25, -0.2) is 0 Å². The molecule has 0 unspecified atom stereocenters. The predicted octanol–water partition coefficient (Wildman–Crippen LogP) is 4.42. The summed E-state index contributed by atoms with van der Waals surface area (Å²) in [5, 5.41) is 8.02. The van der Waals surface area contributed by atoms with Crippen LogP contribution in [0.15, 0.2) is 36.5 Å². The smallest absolute Gasteiger partial charge is 0.182 e. The summed E-state index contributed by atoms with van der Waals surface area (Å²) in [6, 6.07) is 9.30. The second-order valence-electron chi connectivity index (χ2n) is 5.58. The van der Waals surface area contributed by atoms with Crippen LogP contribution in [-0.2, 0) is 13.0 Å². The van der Waals surface area contributed by atoms with Crippen LogP contribution in [0.4, 0.5) is 0 Å². The zero-order valence-corrected chi connectivity index (χ0v) is 14.0. The number of hydrogen-bond donors (Lipinski definition) is 1. The van der Waals surface area contributed by atoms with Gasteiger partial charge >= 0.3 is 0 Å². The number of hydrogen-bond acceptors (Lipinski definition) is 3. The van der Waals surface area contributed by atoms with Crippen molar-refractivity contribution in [2.24, 2.45) is 0 Å². The van der Waals surface area contributed by atoms with Crippen molar-refractivity contribution in [3.63, 3.8) is 0 Å². The lowest BCUT2D eigenvalue weighted by Gasteiger charge is -2.02. The summed E-state index contributed by atoms with van der Waals surface area (Å²) < 4.78 is 1.77. The summed E-state index contributed by atoms with van der Waals surface area (Å²) in [7, 11) is 0. The maximum atomic E-state index is 12.2. The van der Waals surface area contributed by atoms with Gasteiger partial charge in [-0.05, 0) is 12.8 Å². The van der Waals surface area contributed by atoms with Crippen LogP contribution in [0, 0.1) is 5.41 Å². The Hall–Kier alpha value is -1.68. The summed E-state index contributed by atoms with van der Waals surface area (Å²) in [6.07, 6.45) is 9.29. The van der Waals surface area contributed by atoms with Crippen LogP contribution >= 0.6 is 11.3 Å². The molecule has 0 aliphatic rings. The number of carbonyl (C=O) groups is 1. The van der Waals surface area contributed by atoms with Gasteiger partial charge in [0.1, 0.15) is 0 Å². The van der Waals surface area contributed by atoms with Crippen LogP contribution < -0.4 is 4.80 Å². The van der Waals surface area contributed by atoms with E-state index < -0.39 is 0 Å². The Morgan fingerprint density at radius 3 is 2.59 bits per heavy atom. The van der Waals surface area contributed by atoms with E-state index in [1.54, 1.807) is 4.57 Å². The van der Waals surface area contributed by atoms with E-state index in [4.69, 9.17) is 5.41 Å². The minimum atomic E-state index is 0.0615. The third-order valence-electron chi connectivity index (χ3n) is 3.72. The van der Waals surface area contributed by atoms with E-state index in [1.807, 2.05) is 36.5 Å². The van der Waals surface area contributed by atoms with Gasteiger partial charge in [-0.2, -0.15) is 0 Å². The molecule has 22 heavy (non-hydrogen) atoms. The van der Waals surface area contributed by atoms with Gasteiger partial charge in [0, 0.05) is 16.6 Å². The van der Waals surface area contributed by atoms with E-state index in [9.17, 15) is 4.79 Å². The minimum absolute atomic E-state index is 0.0615. The zero-order valence-electron chi connectivity index (χ0n) is 13.2. The van der Waals surface area contributed by atoms with Crippen LogP contribution in [0.2, 0.25) is 0 Å². The summed E-state index contributed by atoms with van der Waals surface area (Å²) in [6.45, 7) is 2.48. The molecule has 2 rings (SSSR count). The number of nitrogens with one attached hydrogen (secondary N) is 1. The second kappa shape index (κ2) is 8.69. The number of benzene rings is 1. The van der Waals surface area contributed by atoms with Crippen molar-refractivity contribution in [1.29, 1.82) is 5.41 Å². The Kier molecular flexibility index (Phi) is 6.59. The molecule has 0 amide bonds. The van der Waals surface area contributed by atoms with Crippen molar-refractivity contribution < 1.29 is 4.79 Å². The van der Waals surface area contributed by atoms with Gasteiger partial charge in [0.15, 0.2) is 10.6 Å². The molecule has 1 aromatic heterocycles. The first kappa shape index (κ1) is 16.7. The van der Waals surface area contributed by atoms with Crippen LogP contribution in [0.5, 0.6) is 0 Å². The Morgan fingerprint density at radius 2 is 1.86 bits per heavy atom. The molecule has 1 heterocycles. The van der Waals surface area contributed by atoms with Gasteiger partial charge < -0.3 is 4.57 Å². The van der Waals surface area contributed by atoms with E-state index in [0.717, 1.165) is 6.42 Å². The van der Waals surface area contributed by atoms with Crippen LogP contribution in [0.1, 0.15) is 54.3 Å². The van der Waals surface area contributed by atoms with Crippen LogP contribution in [0.3, 0.4) is 0 Å². The lowest BCUT2D eigenvalue weighted by molar-refractivity contribution is 0.0971. The van der Waals surface area contributed by atoms with Crippen molar-refractivity contribution in [1.82, 2.24) is 4.57 Å². The average molecular weight is 316 g/mol. The predicted molar refractivity (Wildman–Crippen MR) is 91.4 cm³/mol. The molecular formula is C18H24N2OS. The van der Waals surface area contributed by atoms with Gasteiger partial charge in [-0.1, -0.05) is 62.9 Å². The number of rotatable bonds is 9. The largest absolute Gasteiger partial charge is 0.316 e. The molecule has 118 valence electrons. The molecule has 0 saturated heterocycles. The van der Waals surface area contributed by atoms with Crippen molar-refractivity contribution in [3.8, 4) is 0 Å². The first-order valence-electron chi connectivity index (χ1n) is 8.02. The lowest BCUT2D eigenvalue weighted by Crippen LogP contribution is -2.18. The molecule has 0 bridgehead atoms. The van der Waals surface area contributed by atoms with Crippen molar-refractivity contribution >= 4 is 17.1 Å². The number of ketones is 1. The quantitative estimate of drug-likeness (QED) is 0.540. The number of Topliss-reactive ketones (excluding diaryl/α,β-unsaturated/α-hetero) is 1. The Bertz CT molecular complexity index is 643. The molecule has 0 saturated carbocycles. The van der Waals surface area contributed by atoms with E-state index in [0.29, 0.717) is 10.4 Å². The van der Waals surface area contributed by atoms with E-state index in [2.05, 4.69) is 6.92 Å². The molecule has 4 heteroatoms. The summed E-state index contributed by atoms with van der Waals surface area (Å²) in [5.41, 5.74) is 0.710.